The molecule has 0 aromatic heterocycles. The molecule has 8 heteroatoms. The van der Waals surface area contributed by atoms with Crippen LogP contribution in [-0.4, -0.2) is 57.3 Å². The first-order valence-corrected chi connectivity index (χ1v) is 16.5. The second-order valence-electron chi connectivity index (χ2n) is 8.36. The van der Waals surface area contributed by atoms with E-state index in [2.05, 4.69) is 48.5 Å². The number of hydrogen-bond donors (Lipinski definition) is 0. The summed E-state index contributed by atoms with van der Waals surface area (Å²) in [6.07, 6.45) is 0. The van der Waals surface area contributed by atoms with E-state index in [0.717, 1.165) is 31.9 Å². The largest absolute Gasteiger partial charge is 0.537 e. The Bertz CT molecular complexity index is 1160. The Balaban J connectivity index is 2.08. The fraction of sp³-hybridized carbons (Fsp3) is 0.429. The first-order chi connectivity index (χ1) is 17.5. The minimum absolute atomic E-state index is 0.517. The molecular weight excluding hydrogens is 488 g/mol. The van der Waals surface area contributed by atoms with Crippen molar-refractivity contribution < 1.29 is 26.6 Å². The zero-order chi connectivity index (χ0) is 25.8. The maximum absolute atomic E-state index is 6.30. The van der Waals surface area contributed by atoms with E-state index in [-0.39, 0.29) is 0 Å². The van der Waals surface area contributed by atoms with Crippen LogP contribution < -0.4 is 10.4 Å². The molecule has 6 nitrogen and oxygen atoms in total. The lowest BCUT2D eigenvalue weighted by atomic mass is 9.94. The van der Waals surface area contributed by atoms with Gasteiger partial charge in [0.2, 0.25) is 0 Å². The van der Waals surface area contributed by atoms with Crippen molar-refractivity contribution in [2.24, 2.45) is 0 Å². The van der Waals surface area contributed by atoms with Gasteiger partial charge in [0.05, 0.1) is 0 Å². The molecule has 0 N–H and O–H groups in total. The normalized spacial score (nSPS) is 12.9. The molecule has 0 saturated heterocycles. The third-order valence-electron chi connectivity index (χ3n) is 6.33. The summed E-state index contributed by atoms with van der Waals surface area (Å²) < 4.78 is 37.8. The number of benzene rings is 4. The van der Waals surface area contributed by atoms with Crippen LogP contribution in [0, 0.1) is 0 Å². The highest BCUT2D eigenvalue weighted by Gasteiger charge is 2.46. The average Bonchev–Trinajstić information content (AvgIpc) is 2.88. The van der Waals surface area contributed by atoms with Crippen molar-refractivity contribution in [2.75, 3.05) is 39.6 Å². The Morgan fingerprint density at radius 2 is 0.694 bits per heavy atom. The van der Waals surface area contributed by atoms with Gasteiger partial charge in [-0.25, -0.2) is 0 Å². The maximum Gasteiger partial charge on any atom is 0.537 e. The standard InChI is InChI=1S/C28H38O6Si2/c1-7-29-35(30-8-2,31-9-3)25-19-15-21-13-14-22-16-20-26(24-18-17-23(25)27(21)28(22)24)36(32-10-4,33-11-5)34-12-6/h13-20H,7-12H2,1-6H3. The van der Waals surface area contributed by atoms with E-state index in [0.29, 0.717) is 39.6 Å². The molecule has 4 aromatic carbocycles. The van der Waals surface area contributed by atoms with Gasteiger partial charge in [0, 0.05) is 50.0 Å². The fourth-order valence-electron chi connectivity index (χ4n) is 5.19. The van der Waals surface area contributed by atoms with E-state index in [1.165, 1.54) is 10.8 Å². The Morgan fingerprint density at radius 3 is 0.972 bits per heavy atom. The molecule has 0 aliphatic heterocycles. The Labute approximate surface area is 216 Å². The summed E-state index contributed by atoms with van der Waals surface area (Å²) in [5, 5.41) is 8.87. The molecular formula is C28H38O6Si2. The van der Waals surface area contributed by atoms with Gasteiger partial charge < -0.3 is 26.6 Å². The van der Waals surface area contributed by atoms with E-state index >= 15 is 0 Å². The molecule has 4 aromatic rings. The molecule has 0 fully saturated rings. The monoisotopic (exact) mass is 526 g/mol. The van der Waals surface area contributed by atoms with E-state index in [4.69, 9.17) is 26.6 Å². The summed E-state index contributed by atoms with van der Waals surface area (Å²) in [6, 6.07) is 17.2. The minimum Gasteiger partial charge on any atom is -0.370 e. The van der Waals surface area contributed by atoms with E-state index in [1.54, 1.807) is 0 Å². The minimum atomic E-state index is -3.12. The SMILES string of the molecule is CCO[Si](OCC)(OCC)c1ccc2ccc3ccc([Si](OCC)(OCC)OCC)c4ccc1c2c34. The van der Waals surface area contributed by atoms with Crippen LogP contribution in [0.3, 0.4) is 0 Å². The molecule has 0 aliphatic carbocycles. The van der Waals surface area contributed by atoms with Crippen LogP contribution in [0.5, 0.6) is 0 Å². The van der Waals surface area contributed by atoms with E-state index < -0.39 is 17.6 Å². The second-order valence-corrected chi connectivity index (χ2v) is 13.4. The predicted molar refractivity (Wildman–Crippen MR) is 151 cm³/mol. The Morgan fingerprint density at radius 1 is 0.417 bits per heavy atom. The fourth-order valence-corrected chi connectivity index (χ4v) is 10.6. The molecule has 4 rings (SSSR count). The van der Waals surface area contributed by atoms with Crippen molar-refractivity contribution in [3.05, 3.63) is 48.5 Å². The summed E-state index contributed by atoms with van der Waals surface area (Å²) in [4.78, 5) is 0. The van der Waals surface area contributed by atoms with E-state index in [9.17, 15) is 0 Å². The van der Waals surface area contributed by atoms with Crippen LogP contribution in [-0.2, 0) is 26.6 Å². The highest BCUT2D eigenvalue weighted by molar-refractivity contribution is 6.79. The molecule has 0 bridgehead atoms. The van der Waals surface area contributed by atoms with Gasteiger partial charge in [0.15, 0.2) is 0 Å². The van der Waals surface area contributed by atoms with Crippen molar-refractivity contribution in [3.8, 4) is 0 Å². The molecule has 0 aliphatic rings. The molecule has 0 spiro atoms. The molecule has 0 heterocycles. The summed E-state index contributed by atoms with van der Waals surface area (Å²) in [5.41, 5.74) is 0. The van der Waals surface area contributed by atoms with Crippen molar-refractivity contribution in [3.63, 3.8) is 0 Å². The third kappa shape index (κ3) is 4.61. The van der Waals surface area contributed by atoms with Crippen LogP contribution in [0.25, 0.3) is 32.3 Å². The Hall–Kier alpha value is -1.89. The molecule has 36 heavy (non-hydrogen) atoms. The van der Waals surface area contributed by atoms with Crippen LogP contribution in [0.15, 0.2) is 48.5 Å². The van der Waals surface area contributed by atoms with E-state index in [1.807, 2.05) is 41.5 Å². The van der Waals surface area contributed by atoms with Crippen molar-refractivity contribution >= 4 is 60.3 Å². The van der Waals surface area contributed by atoms with Crippen LogP contribution in [0.1, 0.15) is 41.5 Å². The third-order valence-corrected chi connectivity index (χ3v) is 12.5. The lowest BCUT2D eigenvalue weighted by Gasteiger charge is -2.31. The van der Waals surface area contributed by atoms with Crippen molar-refractivity contribution in [1.82, 2.24) is 0 Å². The molecule has 0 unspecified atom stereocenters. The average molecular weight is 527 g/mol. The number of hydrogen-bond acceptors (Lipinski definition) is 6. The highest BCUT2D eigenvalue weighted by Crippen LogP contribution is 2.35. The molecule has 0 amide bonds. The zero-order valence-corrected chi connectivity index (χ0v) is 24.3. The quantitative estimate of drug-likeness (QED) is 0.168. The topological polar surface area (TPSA) is 55.4 Å². The van der Waals surface area contributed by atoms with Crippen LogP contribution in [0.2, 0.25) is 0 Å². The zero-order valence-electron chi connectivity index (χ0n) is 22.3. The van der Waals surface area contributed by atoms with Gasteiger partial charge in [-0.2, -0.15) is 0 Å². The first-order valence-electron chi connectivity index (χ1n) is 13.1. The van der Waals surface area contributed by atoms with Crippen LogP contribution >= 0.6 is 0 Å². The van der Waals surface area contributed by atoms with Gasteiger partial charge >= 0.3 is 17.6 Å². The van der Waals surface area contributed by atoms with Gasteiger partial charge in [0.25, 0.3) is 0 Å². The maximum atomic E-state index is 6.30. The van der Waals surface area contributed by atoms with Gasteiger partial charge in [-0.05, 0) is 73.9 Å². The first kappa shape index (κ1) is 27.2. The van der Waals surface area contributed by atoms with Gasteiger partial charge in [-0.3, -0.25) is 0 Å². The summed E-state index contributed by atoms with van der Waals surface area (Å²) in [5.74, 6) is 0. The summed E-state index contributed by atoms with van der Waals surface area (Å²) in [7, 11) is -6.23. The molecule has 0 radical (unpaired) electrons. The van der Waals surface area contributed by atoms with Crippen molar-refractivity contribution in [1.29, 1.82) is 0 Å². The predicted octanol–water partition coefficient (Wildman–Crippen LogP) is 5.09. The molecule has 0 atom stereocenters. The smallest absolute Gasteiger partial charge is 0.370 e. The van der Waals surface area contributed by atoms with Gasteiger partial charge in [-0.1, -0.05) is 48.5 Å². The molecule has 0 saturated carbocycles. The molecule has 194 valence electrons. The van der Waals surface area contributed by atoms with Crippen molar-refractivity contribution in [2.45, 2.75) is 41.5 Å². The number of rotatable bonds is 14. The lowest BCUT2D eigenvalue weighted by molar-refractivity contribution is 0.0854. The van der Waals surface area contributed by atoms with Crippen LogP contribution in [0.4, 0.5) is 0 Å². The van der Waals surface area contributed by atoms with Gasteiger partial charge in [-0.15, -0.1) is 0 Å². The lowest BCUT2D eigenvalue weighted by Crippen LogP contribution is -2.57. The summed E-state index contributed by atoms with van der Waals surface area (Å²) in [6.45, 7) is 15.0. The second kappa shape index (κ2) is 11.7. The summed E-state index contributed by atoms with van der Waals surface area (Å²) >= 11 is 0. The Kier molecular flexibility index (Phi) is 8.80. The highest BCUT2D eigenvalue weighted by atomic mass is 28.4. The van der Waals surface area contributed by atoms with Gasteiger partial charge in [0.1, 0.15) is 0 Å².